The fourth-order valence-corrected chi connectivity index (χ4v) is 7.73. The molecule has 376 valence electrons. The van der Waals surface area contributed by atoms with Crippen LogP contribution in [0.1, 0.15) is 278 Å². The quantitative estimate of drug-likeness (QED) is 0.0262. The second-order valence-electron chi connectivity index (χ2n) is 18.5. The van der Waals surface area contributed by atoms with Crippen molar-refractivity contribution in [3.05, 3.63) is 60.8 Å². The van der Waals surface area contributed by atoms with E-state index in [9.17, 15) is 14.4 Å². The van der Waals surface area contributed by atoms with E-state index in [1.807, 2.05) is 0 Å². The summed E-state index contributed by atoms with van der Waals surface area (Å²) in [5.41, 5.74) is 0. The molecule has 0 heterocycles. The molecule has 0 aliphatic rings. The molecule has 6 nitrogen and oxygen atoms in total. The predicted molar refractivity (Wildman–Crippen MR) is 279 cm³/mol. The molecule has 0 fully saturated rings. The maximum atomic E-state index is 12.8. The van der Waals surface area contributed by atoms with Crippen molar-refractivity contribution in [3.8, 4) is 0 Å². The summed E-state index contributed by atoms with van der Waals surface area (Å²) in [6, 6.07) is 0. The number of hydrogen-bond donors (Lipinski definition) is 0. The average molecular weight is 909 g/mol. The highest BCUT2D eigenvalue weighted by atomic mass is 16.6. The molecule has 1 atom stereocenters. The molecule has 6 heteroatoms. The van der Waals surface area contributed by atoms with Crippen molar-refractivity contribution in [3.63, 3.8) is 0 Å². The van der Waals surface area contributed by atoms with Crippen molar-refractivity contribution >= 4 is 17.9 Å². The number of ether oxygens (including phenoxy) is 3. The van der Waals surface area contributed by atoms with Gasteiger partial charge in [0.25, 0.3) is 0 Å². The normalized spacial score (nSPS) is 12.5. The van der Waals surface area contributed by atoms with Crippen LogP contribution < -0.4 is 0 Å². The number of unbranched alkanes of at least 4 members (excludes halogenated alkanes) is 29. The molecule has 0 aliphatic heterocycles. The number of allylic oxidation sites excluding steroid dienone is 10. The van der Waals surface area contributed by atoms with E-state index in [0.29, 0.717) is 19.3 Å². The minimum absolute atomic E-state index is 0.0971. The minimum Gasteiger partial charge on any atom is -0.462 e. The Morgan fingerprint density at radius 3 is 0.969 bits per heavy atom. The third-order valence-corrected chi connectivity index (χ3v) is 12.0. The van der Waals surface area contributed by atoms with Gasteiger partial charge in [0.15, 0.2) is 6.10 Å². The van der Waals surface area contributed by atoms with Gasteiger partial charge in [-0.3, -0.25) is 14.4 Å². The monoisotopic (exact) mass is 909 g/mol. The summed E-state index contributed by atoms with van der Waals surface area (Å²) in [5, 5.41) is 0. The lowest BCUT2D eigenvalue weighted by molar-refractivity contribution is -0.167. The van der Waals surface area contributed by atoms with Gasteiger partial charge in [-0.2, -0.15) is 0 Å². The number of esters is 3. The molecule has 0 unspecified atom stereocenters. The minimum atomic E-state index is -0.803. The van der Waals surface area contributed by atoms with Crippen LogP contribution in [0, 0.1) is 0 Å². The summed E-state index contributed by atoms with van der Waals surface area (Å²) < 4.78 is 16.8. The van der Waals surface area contributed by atoms with Crippen molar-refractivity contribution in [2.45, 2.75) is 284 Å². The Bertz CT molecular complexity index is 1180. The highest BCUT2D eigenvalue weighted by molar-refractivity contribution is 5.71. The molecule has 0 saturated carbocycles. The van der Waals surface area contributed by atoms with Gasteiger partial charge in [-0.05, 0) is 96.3 Å². The highest BCUT2D eigenvalue weighted by Crippen LogP contribution is 2.15. The van der Waals surface area contributed by atoms with Gasteiger partial charge in [-0.1, -0.05) is 223 Å². The van der Waals surface area contributed by atoms with Gasteiger partial charge in [-0.25, -0.2) is 0 Å². The summed E-state index contributed by atoms with van der Waals surface area (Å²) >= 11 is 0. The fraction of sp³-hybridized carbons (Fsp3) is 0.780. The second kappa shape index (κ2) is 53.7. The van der Waals surface area contributed by atoms with Crippen LogP contribution in [0.5, 0.6) is 0 Å². The Hall–Kier alpha value is -2.89. The van der Waals surface area contributed by atoms with Crippen molar-refractivity contribution in [1.82, 2.24) is 0 Å². The summed E-state index contributed by atoms with van der Waals surface area (Å²) in [4.78, 5) is 38.0. The smallest absolute Gasteiger partial charge is 0.306 e. The van der Waals surface area contributed by atoms with Gasteiger partial charge in [0.05, 0.1) is 0 Å². The Morgan fingerprint density at radius 2 is 0.585 bits per heavy atom. The number of hydrogen-bond acceptors (Lipinski definition) is 6. The van der Waals surface area contributed by atoms with Crippen LogP contribution in [0.4, 0.5) is 0 Å². The molecule has 0 aromatic rings. The van der Waals surface area contributed by atoms with Crippen molar-refractivity contribution in [2.24, 2.45) is 0 Å². The average Bonchev–Trinajstić information content (AvgIpc) is 3.30. The van der Waals surface area contributed by atoms with E-state index in [0.717, 1.165) is 64.2 Å². The van der Waals surface area contributed by atoms with Gasteiger partial charge in [0.2, 0.25) is 0 Å². The van der Waals surface area contributed by atoms with Crippen molar-refractivity contribution < 1.29 is 28.6 Å². The van der Waals surface area contributed by atoms with Crippen LogP contribution in [0.15, 0.2) is 60.8 Å². The SMILES string of the molecule is CCCC/C=C\CCCCCCCC(=O)OC[C@@H](COC(=O)CCCCCCCCCCC/C=C\CCCCCCCC)OC(=O)CCC/C=C\C/C=C\C/C=C\CCCCCCCC. The molecule has 0 spiro atoms. The fourth-order valence-electron chi connectivity index (χ4n) is 7.73. The maximum Gasteiger partial charge on any atom is 0.306 e. The molecular weight excluding hydrogens is 805 g/mol. The molecule has 0 aliphatic carbocycles. The molecule has 0 bridgehead atoms. The zero-order valence-corrected chi connectivity index (χ0v) is 43.0. The van der Waals surface area contributed by atoms with Crippen LogP contribution in [-0.4, -0.2) is 37.2 Å². The number of carbonyl (C=O) groups excluding carboxylic acids is 3. The van der Waals surface area contributed by atoms with Crippen molar-refractivity contribution in [2.75, 3.05) is 13.2 Å². The number of carbonyl (C=O) groups is 3. The zero-order valence-electron chi connectivity index (χ0n) is 43.0. The molecule has 0 aromatic carbocycles. The standard InChI is InChI=1S/C59H104O6/c1-4-7-10-13-16-19-22-24-26-28-29-31-32-34-37-40-43-46-49-52-58(61)64-55-56(54-63-57(60)51-48-45-42-39-36-21-18-15-12-9-6-3)65-59(62)53-50-47-44-41-38-35-33-30-27-25-23-20-17-14-11-8-5-2/h15,18,24-27,33,35,41,44,56H,4-14,16-17,19-23,28-32,34,36-40,42-43,45-55H2,1-3H3/b18-15-,26-24-,27-25-,35-33-,44-41-/t56-/m0/s1. The molecule has 0 N–H and O–H groups in total. The van der Waals surface area contributed by atoms with Crippen LogP contribution >= 0.6 is 0 Å². The lowest BCUT2D eigenvalue weighted by atomic mass is 10.1. The van der Waals surface area contributed by atoms with E-state index in [-0.39, 0.29) is 37.5 Å². The van der Waals surface area contributed by atoms with Crippen molar-refractivity contribution in [1.29, 1.82) is 0 Å². The van der Waals surface area contributed by atoms with Crippen LogP contribution in [-0.2, 0) is 28.6 Å². The second-order valence-corrected chi connectivity index (χ2v) is 18.5. The zero-order chi connectivity index (χ0) is 47.2. The Labute approximate surface area is 402 Å². The Morgan fingerprint density at radius 1 is 0.308 bits per heavy atom. The first-order valence-electron chi connectivity index (χ1n) is 27.8. The third-order valence-electron chi connectivity index (χ3n) is 12.0. The van der Waals surface area contributed by atoms with Gasteiger partial charge in [0, 0.05) is 19.3 Å². The summed E-state index contributed by atoms with van der Waals surface area (Å²) in [6.07, 6.45) is 66.5. The van der Waals surface area contributed by atoms with Crippen LogP contribution in [0.3, 0.4) is 0 Å². The Balaban J connectivity index is 4.40. The predicted octanol–water partition coefficient (Wildman–Crippen LogP) is 18.4. The van der Waals surface area contributed by atoms with Gasteiger partial charge in [0.1, 0.15) is 13.2 Å². The van der Waals surface area contributed by atoms with E-state index in [1.54, 1.807) is 0 Å². The highest BCUT2D eigenvalue weighted by Gasteiger charge is 2.19. The summed E-state index contributed by atoms with van der Waals surface area (Å²) in [7, 11) is 0. The first-order valence-corrected chi connectivity index (χ1v) is 27.8. The Kier molecular flexibility index (Phi) is 51.3. The topological polar surface area (TPSA) is 78.9 Å². The van der Waals surface area contributed by atoms with Crippen LogP contribution in [0.2, 0.25) is 0 Å². The van der Waals surface area contributed by atoms with E-state index in [1.165, 1.54) is 167 Å². The lowest BCUT2D eigenvalue weighted by Crippen LogP contribution is -2.30. The van der Waals surface area contributed by atoms with Gasteiger partial charge >= 0.3 is 17.9 Å². The largest absolute Gasteiger partial charge is 0.462 e. The summed E-state index contributed by atoms with van der Waals surface area (Å²) in [5.74, 6) is -0.956. The molecular formula is C59H104O6. The van der Waals surface area contributed by atoms with Gasteiger partial charge in [-0.15, -0.1) is 0 Å². The first kappa shape index (κ1) is 62.1. The van der Waals surface area contributed by atoms with Gasteiger partial charge < -0.3 is 14.2 Å². The first-order chi connectivity index (χ1) is 32.0. The molecule has 0 saturated heterocycles. The van der Waals surface area contributed by atoms with Crippen LogP contribution in [0.25, 0.3) is 0 Å². The lowest BCUT2D eigenvalue weighted by Gasteiger charge is -2.18. The molecule has 0 rings (SSSR count). The van der Waals surface area contributed by atoms with E-state index in [4.69, 9.17) is 14.2 Å². The van der Waals surface area contributed by atoms with E-state index >= 15 is 0 Å². The molecule has 0 aromatic heterocycles. The summed E-state index contributed by atoms with van der Waals surface area (Å²) in [6.45, 7) is 6.55. The third kappa shape index (κ3) is 51.9. The van der Waals surface area contributed by atoms with E-state index in [2.05, 4.69) is 81.5 Å². The molecule has 0 amide bonds. The molecule has 65 heavy (non-hydrogen) atoms. The number of rotatable bonds is 50. The maximum absolute atomic E-state index is 12.8. The molecule has 0 radical (unpaired) electrons. The van der Waals surface area contributed by atoms with E-state index < -0.39 is 6.10 Å².